The monoisotopic (exact) mass is 714 g/mol. The zero-order chi connectivity index (χ0) is 38.2. The van der Waals surface area contributed by atoms with Crippen LogP contribution in [0.2, 0.25) is 0 Å². The Morgan fingerprint density at radius 1 is 0.654 bits per heavy atom. The maximum absolute atomic E-state index is 13.3. The smallest absolute Gasteiger partial charge is 0.331 e. The van der Waals surface area contributed by atoms with Gasteiger partial charge >= 0.3 is 11.9 Å². The molecule has 0 radical (unpaired) electrons. The molecule has 2 aliphatic carbocycles. The Morgan fingerprint density at radius 3 is 1.31 bits per heavy atom. The molecule has 14 nitrogen and oxygen atoms in total. The number of fused-ring (bicyclic) bond motifs is 4. The summed E-state index contributed by atoms with van der Waals surface area (Å²) in [7, 11) is 2.41. The highest BCUT2D eigenvalue weighted by molar-refractivity contribution is 6.13. The summed E-state index contributed by atoms with van der Waals surface area (Å²) in [5.41, 5.74) is -4.13. The van der Waals surface area contributed by atoms with E-state index in [-0.39, 0.29) is 66.4 Å². The standard InChI is InChI=1S/C38H34O14/c1-37(49)13-21(39)29-19(31(37)23(51-3)11-25(41)42)9-15-5-7-17(33(45)27(15)35(29)47)18-8-6-16-10-20-30(36(48)28(16)34(18)46)22(40)14-38(2,50)32(20)24(52-4)12-26(43)44/h5-12,31-32,45-50H,13-14H2,1-4H3,(H,41,42)(H,43,44)/t31-,32-,37+,38+/m1/s1. The number of hydrogen-bond donors (Lipinski definition) is 8. The van der Waals surface area contributed by atoms with Gasteiger partial charge in [-0.25, -0.2) is 9.59 Å². The number of aliphatic carboxylic acids is 2. The molecule has 4 atom stereocenters. The number of carboxylic acid groups (broad SMARTS) is 2. The Bertz CT molecular complexity index is 2160. The molecule has 0 aliphatic heterocycles. The molecular weight excluding hydrogens is 680 g/mol. The van der Waals surface area contributed by atoms with E-state index < -0.39 is 82.4 Å². The molecule has 2 aliphatic rings. The van der Waals surface area contributed by atoms with Gasteiger partial charge in [-0.15, -0.1) is 0 Å². The molecule has 0 saturated carbocycles. The first kappa shape index (κ1) is 35.7. The SMILES string of the molecule is COC(=CC(=O)O)[C@H]1c2cc3ccc(-c4ccc5cc6c(c(O)c5c4O)C(=O)C[C@](C)(O)[C@H]6C(=CC(=O)O)OC)c(O)c3c(O)c2C(=O)C[C@]1(C)O. The molecule has 270 valence electrons. The molecule has 0 heterocycles. The number of methoxy groups -OCH3 is 2. The molecule has 4 aromatic rings. The highest BCUT2D eigenvalue weighted by atomic mass is 16.5. The highest BCUT2D eigenvalue weighted by Gasteiger charge is 2.48. The lowest BCUT2D eigenvalue weighted by Crippen LogP contribution is -2.41. The van der Waals surface area contributed by atoms with E-state index in [0.717, 1.165) is 12.2 Å². The van der Waals surface area contributed by atoms with Gasteiger partial charge in [-0.05, 0) is 60.0 Å². The van der Waals surface area contributed by atoms with Crippen molar-refractivity contribution in [1.82, 2.24) is 0 Å². The number of carboxylic acids is 2. The second kappa shape index (κ2) is 12.3. The Morgan fingerprint density at radius 2 is 1.00 bits per heavy atom. The van der Waals surface area contributed by atoms with Crippen molar-refractivity contribution in [2.75, 3.05) is 14.2 Å². The number of benzene rings is 4. The number of aromatic hydroxyl groups is 4. The van der Waals surface area contributed by atoms with E-state index in [2.05, 4.69) is 0 Å². The average Bonchev–Trinajstić information content (AvgIpc) is 3.02. The Labute approximate surface area is 294 Å². The highest BCUT2D eigenvalue weighted by Crippen LogP contribution is 2.54. The molecule has 4 aromatic carbocycles. The number of ether oxygens (including phenoxy) is 2. The van der Waals surface area contributed by atoms with Crippen molar-refractivity contribution in [3.63, 3.8) is 0 Å². The van der Waals surface area contributed by atoms with Crippen molar-refractivity contribution in [3.05, 3.63) is 82.3 Å². The van der Waals surface area contributed by atoms with Gasteiger partial charge in [0, 0.05) is 24.0 Å². The van der Waals surface area contributed by atoms with Gasteiger partial charge in [0.1, 0.15) is 34.5 Å². The molecule has 8 N–H and O–H groups in total. The van der Waals surface area contributed by atoms with Crippen LogP contribution in [0.3, 0.4) is 0 Å². The quantitative estimate of drug-likeness (QED) is 0.0966. The van der Waals surface area contributed by atoms with Gasteiger partial charge in [0.15, 0.2) is 11.6 Å². The van der Waals surface area contributed by atoms with Gasteiger partial charge in [-0.2, -0.15) is 0 Å². The first-order valence-electron chi connectivity index (χ1n) is 15.9. The van der Waals surface area contributed by atoms with Crippen LogP contribution >= 0.6 is 0 Å². The van der Waals surface area contributed by atoms with Crippen molar-refractivity contribution in [2.24, 2.45) is 0 Å². The summed E-state index contributed by atoms with van der Waals surface area (Å²) in [5, 5.41) is 87.5. The molecule has 0 amide bonds. The molecule has 6 rings (SSSR count). The fourth-order valence-corrected chi connectivity index (χ4v) is 7.81. The largest absolute Gasteiger partial charge is 0.507 e. The predicted octanol–water partition coefficient (Wildman–Crippen LogP) is 4.55. The van der Waals surface area contributed by atoms with Gasteiger partial charge in [0.25, 0.3) is 0 Å². The first-order chi connectivity index (χ1) is 24.3. The minimum Gasteiger partial charge on any atom is -0.507 e. The zero-order valence-electron chi connectivity index (χ0n) is 28.2. The van der Waals surface area contributed by atoms with Crippen molar-refractivity contribution in [1.29, 1.82) is 0 Å². The van der Waals surface area contributed by atoms with Crippen molar-refractivity contribution >= 4 is 45.0 Å². The van der Waals surface area contributed by atoms with E-state index >= 15 is 0 Å². The molecule has 0 saturated heterocycles. The van der Waals surface area contributed by atoms with Gasteiger partial charge in [-0.3, -0.25) is 9.59 Å². The maximum atomic E-state index is 13.3. The van der Waals surface area contributed by atoms with Crippen molar-refractivity contribution in [2.45, 2.75) is 49.7 Å². The van der Waals surface area contributed by atoms with Crippen LogP contribution in [-0.2, 0) is 19.1 Å². The van der Waals surface area contributed by atoms with Crippen LogP contribution in [0.25, 0.3) is 32.7 Å². The number of ketones is 2. The van der Waals surface area contributed by atoms with Crippen LogP contribution < -0.4 is 0 Å². The summed E-state index contributed by atoms with van der Waals surface area (Å²) < 4.78 is 10.6. The number of aliphatic hydroxyl groups is 2. The Balaban J connectivity index is 1.57. The molecule has 0 aromatic heterocycles. The zero-order valence-corrected chi connectivity index (χ0v) is 28.2. The van der Waals surface area contributed by atoms with E-state index in [1.54, 1.807) is 0 Å². The average molecular weight is 715 g/mol. The van der Waals surface area contributed by atoms with E-state index in [9.17, 15) is 60.0 Å². The van der Waals surface area contributed by atoms with Gasteiger partial charge in [-0.1, -0.05) is 12.1 Å². The fraction of sp³-hybridized carbons (Fsp3) is 0.263. The number of phenolic OH excluding ortho intramolecular Hbond substituents is 4. The van der Waals surface area contributed by atoms with Gasteiger partial charge < -0.3 is 50.3 Å². The third-order valence-corrected chi connectivity index (χ3v) is 9.89. The summed E-state index contributed by atoms with van der Waals surface area (Å²) in [5.74, 6) is -9.33. The summed E-state index contributed by atoms with van der Waals surface area (Å²) in [4.78, 5) is 49.8. The van der Waals surface area contributed by atoms with E-state index in [1.807, 2.05) is 0 Å². The van der Waals surface area contributed by atoms with Crippen LogP contribution in [0.15, 0.2) is 60.1 Å². The summed E-state index contributed by atoms with van der Waals surface area (Å²) >= 11 is 0. The second-order valence-electron chi connectivity index (χ2n) is 13.5. The van der Waals surface area contributed by atoms with Crippen LogP contribution in [0.1, 0.15) is 70.4 Å². The molecule has 52 heavy (non-hydrogen) atoms. The molecule has 0 spiro atoms. The molecule has 14 heteroatoms. The van der Waals surface area contributed by atoms with Gasteiger partial charge in [0.2, 0.25) is 0 Å². The second-order valence-corrected chi connectivity index (χ2v) is 13.5. The third kappa shape index (κ3) is 5.43. The first-order valence-corrected chi connectivity index (χ1v) is 15.9. The lowest BCUT2D eigenvalue weighted by atomic mass is 9.70. The van der Waals surface area contributed by atoms with E-state index in [0.29, 0.717) is 0 Å². The van der Waals surface area contributed by atoms with E-state index in [4.69, 9.17) is 9.47 Å². The normalized spacial score (nSPS) is 23.3. The lowest BCUT2D eigenvalue weighted by Gasteiger charge is -2.39. The Kier molecular flexibility index (Phi) is 8.43. The molecular formula is C38H34O14. The lowest BCUT2D eigenvalue weighted by molar-refractivity contribution is -0.132. The van der Waals surface area contributed by atoms with E-state index in [1.165, 1.54) is 64.5 Å². The van der Waals surface area contributed by atoms with Crippen molar-refractivity contribution < 1.29 is 69.5 Å². The number of Topliss-reactive ketones (excluding diaryl/α,β-unsaturated/α-hetero) is 2. The minimum atomic E-state index is -1.81. The maximum Gasteiger partial charge on any atom is 0.331 e. The molecule has 0 bridgehead atoms. The number of carbonyl (C=O) groups excluding carboxylic acids is 2. The number of carbonyl (C=O) groups is 4. The van der Waals surface area contributed by atoms with Crippen LogP contribution in [-0.4, -0.2) is 89.8 Å². The molecule has 0 fully saturated rings. The number of rotatable bonds is 7. The third-order valence-electron chi connectivity index (χ3n) is 9.89. The predicted molar refractivity (Wildman–Crippen MR) is 184 cm³/mol. The Hall–Kier alpha value is -6.12. The summed E-state index contributed by atoms with van der Waals surface area (Å²) in [6.45, 7) is 2.67. The van der Waals surface area contributed by atoms with Crippen LogP contribution in [0, 0.1) is 0 Å². The fourth-order valence-electron chi connectivity index (χ4n) is 7.81. The van der Waals surface area contributed by atoms with Crippen LogP contribution in [0.5, 0.6) is 23.0 Å². The molecule has 0 unspecified atom stereocenters. The summed E-state index contributed by atoms with van der Waals surface area (Å²) in [6, 6.07) is 8.53. The van der Waals surface area contributed by atoms with Crippen LogP contribution in [0.4, 0.5) is 0 Å². The minimum absolute atomic E-state index is 0.0485. The van der Waals surface area contributed by atoms with Crippen molar-refractivity contribution in [3.8, 4) is 34.1 Å². The summed E-state index contributed by atoms with van der Waals surface area (Å²) in [6.07, 6.45) is 0.447. The van der Waals surface area contributed by atoms with Gasteiger partial charge in [0.05, 0.1) is 71.3 Å². The number of hydrogen-bond acceptors (Lipinski definition) is 12. The number of phenols is 4. The topological polar surface area (TPSA) is 249 Å².